The maximum atomic E-state index is 6.40. The van der Waals surface area contributed by atoms with Gasteiger partial charge in [0.15, 0.2) is 0 Å². The van der Waals surface area contributed by atoms with Crippen molar-refractivity contribution < 1.29 is 24.1 Å². The van der Waals surface area contributed by atoms with Gasteiger partial charge in [0.05, 0.1) is 0 Å². The number of ether oxygens (including phenoxy) is 1. The Bertz CT molecular complexity index is 1790. The molecule has 6 rings (SSSR count). The first-order valence-electron chi connectivity index (χ1n) is 13.6. The van der Waals surface area contributed by atoms with Gasteiger partial charge in [-0.3, -0.25) is 0 Å². The van der Waals surface area contributed by atoms with Gasteiger partial charge in [-0.25, -0.2) is 0 Å². The molecule has 5 nitrogen and oxygen atoms in total. The molecule has 1 aliphatic rings. The first kappa shape index (κ1) is 26.8. The molecule has 0 radical (unpaired) electrons. The van der Waals surface area contributed by atoms with Crippen molar-refractivity contribution in [2.45, 2.75) is 46.5 Å². The van der Waals surface area contributed by atoms with E-state index in [2.05, 4.69) is 136 Å². The van der Waals surface area contributed by atoms with E-state index in [1.165, 1.54) is 16.6 Å². The average molecular weight is 710 g/mol. The minimum absolute atomic E-state index is 0.0430. The van der Waals surface area contributed by atoms with Crippen molar-refractivity contribution in [3.63, 3.8) is 0 Å². The van der Waals surface area contributed by atoms with Crippen LogP contribution in [0.2, 0.25) is 0 Å². The van der Waals surface area contributed by atoms with Gasteiger partial charge in [-0.15, -0.1) is 0 Å². The molecule has 0 aliphatic carbocycles. The number of anilines is 2. The molecule has 0 unspecified atom stereocenters. The molecule has 6 heteroatoms. The maximum absolute atomic E-state index is 6.40. The number of fused-ring (bicyclic) bond motifs is 2. The second kappa shape index (κ2) is 9.89. The van der Waals surface area contributed by atoms with Crippen molar-refractivity contribution in [2.75, 3.05) is 11.4 Å². The van der Waals surface area contributed by atoms with E-state index < -0.39 is 0 Å². The Balaban J connectivity index is 1.37. The summed E-state index contributed by atoms with van der Waals surface area (Å²) >= 11 is 2.37. The summed E-state index contributed by atoms with van der Waals surface area (Å²) in [5, 5.41) is 0. The van der Waals surface area contributed by atoms with Crippen molar-refractivity contribution in [1.29, 1.82) is 0 Å². The minimum atomic E-state index is 0.0430. The summed E-state index contributed by atoms with van der Waals surface area (Å²) in [6.45, 7) is 12.2. The number of benzene rings is 3. The summed E-state index contributed by atoms with van der Waals surface area (Å²) in [4.78, 5) is 7.09. The molecule has 3 heterocycles. The standard InChI is InChI=1S/C34H34N4O.Pt/c1-33(2,3)25-16-17-35-32(18-25)37-22-34(4,5)21-24-14-15-28(20-31(24)37)39-27-11-9-10-26(19-27)38-23-36(6)29-12-7-8-13-30(29)38;/h7-18H,21-22H2,1-6H3;/q-2;. The number of pyridine rings is 1. The number of rotatable bonds is 4. The molecule has 0 saturated heterocycles. The molecule has 0 N–H and O–H groups in total. The fraction of sp³-hybridized carbons (Fsp3) is 0.294. The van der Waals surface area contributed by atoms with E-state index in [0.717, 1.165) is 39.5 Å². The zero-order chi connectivity index (χ0) is 28.2. The van der Waals surface area contributed by atoms with Crippen LogP contribution in [0.4, 0.5) is 11.5 Å². The summed E-state index contributed by atoms with van der Waals surface area (Å²) in [5.74, 6) is 2.27. The van der Waals surface area contributed by atoms with Crippen LogP contribution >= 0.6 is 0 Å². The fourth-order valence-corrected chi connectivity index (χ4v) is 6.30. The second-order valence-corrected chi connectivity index (χ2v) is 13.4. The molecule has 5 aromatic rings. The van der Waals surface area contributed by atoms with Crippen molar-refractivity contribution in [1.82, 2.24) is 14.1 Å². The van der Waals surface area contributed by atoms with E-state index in [0.29, 0.717) is 11.5 Å². The van der Waals surface area contributed by atoms with Gasteiger partial charge in [0.1, 0.15) is 0 Å². The number of aromatic nitrogens is 3. The van der Waals surface area contributed by atoms with E-state index >= 15 is 0 Å². The second-order valence-electron chi connectivity index (χ2n) is 12.4. The number of para-hydroxylation sites is 2. The molecule has 0 fully saturated rings. The topological polar surface area (TPSA) is 35.2 Å². The Hall–Kier alpha value is -3.43. The quantitative estimate of drug-likeness (QED) is 0.179. The monoisotopic (exact) mass is 709 g/mol. The van der Waals surface area contributed by atoms with Crippen molar-refractivity contribution in [3.8, 4) is 17.2 Å². The molecule has 3 aromatic carbocycles. The molecular formula is C34H34N4OPt-2. The fourth-order valence-electron chi connectivity index (χ4n) is 5.48. The normalized spacial score (nSPS) is 14.8. The summed E-state index contributed by atoms with van der Waals surface area (Å²) in [6, 6.07) is 30.0. The van der Waals surface area contributed by atoms with Crippen LogP contribution in [0.15, 0.2) is 72.9 Å². The molecule has 0 amide bonds. The third-order valence-corrected chi connectivity index (χ3v) is 8.79. The van der Waals surface area contributed by atoms with Gasteiger partial charge in [0, 0.05) is 6.20 Å². The molecule has 0 saturated carbocycles. The van der Waals surface area contributed by atoms with E-state index in [9.17, 15) is 0 Å². The van der Waals surface area contributed by atoms with E-state index in [4.69, 9.17) is 9.72 Å². The summed E-state index contributed by atoms with van der Waals surface area (Å²) in [7, 11) is 2.09. The van der Waals surface area contributed by atoms with Crippen LogP contribution < -0.4 is 9.64 Å². The number of aryl methyl sites for hydroxylation is 1. The zero-order valence-electron chi connectivity index (χ0n) is 23.9. The van der Waals surface area contributed by atoms with Gasteiger partial charge in [0.25, 0.3) is 0 Å². The summed E-state index contributed by atoms with van der Waals surface area (Å²) < 4.78 is 11.9. The van der Waals surface area contributed by atoms with Crippen LogP contribution in [0, 0.1) is 21.4 Å². The van der Waals surface area contributed by atoms with Gasteiger partial charge in [-0.2, -0.15) is 0 Å². The molecule has 0 spiro atoms. The van der Waals surface area contributed by atoms with Crippen molar-refractivity contribution in [2.24, 2.45) is 12.5 Å². The van der Waals surface area contributed by atoms with E-state index in [-0.39, 0.29) is 10.8 Å². The third kappa shape index (κ3) is 4.97. The number of imidazole rings is 1. The van der Waals surface area contributed by atoms with Crippen LogP contribution in [-0.2, 0) is 38.2 Å². The van der Waals surface area contributed by atoms with Gasteiger partial charge >= 0.3 is 190 Å². The molecule has 40 heavy (non-hydrogen) atoms. The van der Waals surface area contributed by atoms with Crippen LogP contribution in [0.1, 0.15) is 45.7 Å². The Labute approximate surface area is 247 Å². The zero-order valence-corrected chi connectivity index (χ0v) is 26.1. The molecule has 208 valence electrons. The molecule has 2 aromatic heterocycles. The Morgan fingerprint density at radius 1 is 0.925 bits per heavy atom. The summed E-state index contributed by atoms with van der Waals surface area (Å²) in [5.41, 5.74) is 6.94. The van der Waals surface area contributed by atoms with Crippen LogP contribution in [0.5, 0.6) is 11.5 Å². The van der Waals surface area contributed by atoms with Gasteiger partial charge in [-0.05, 0) is 17.0 Å². The average Bonchev–Trinajstić information content (AvgIpc) is 3.17. The molecule has 0 atom stereocenters. The SMILES string of the molecule is Cn1[c](=[Pt])n(-c2[c-]c(Oc3[c-]c4c(cc3)CC(C)(C)CN4c3cc(C(C)(C)C)ccn3)ccc2)c2ccccc21. The van der Waals surface area contributed by atoms with Crippen molar-refractivity contribution in [3.05, 3.63) is 100.0 Å². The van der Waals surface area contributed by atoms with Crippen LogP contribution in [0.25, 0.3) is 16.7 Å². The predicted molar refractivity (Wildman–Crippen MR) is 157 cm³/mol. The first-order valence-corrected chi connectivity index (χ1v) is 14.8. The predicted octanol–water partition coefficient (Wildman–Crippen LogP) is 7.85. The van der Waals surface area contributed by atoms with Gasteiger partial charge in [0.2, 0.25) is 0 Å². The van der Waals surface area contributed by atoms with Crippen LogP contribution in [0.3, 0.4) is 0 Å². The Morgan fingerprint density at radius 3 is 2.45 bits per heavy atom. The van der Waals surface area contributed by atoms with E-state index in [1.54, 1.807) is 0 Å². The molecular weight excluding hydrogens is 675 g/mol. The molecule has 1 aliphatic heterocycles. The first-order chi connectivity index (χ1) is 19.0. The third-order valence-electron chi connectivity index (χ3n) is 7.52. The molecule has 0 bridgehead atoms. The number of hydrogen-bond donors (Lipinski definition) is 0. The number of hydrogen-bond acceptors (Lipinski definition) is 3. The van der Waals surface area contributed by atoms with Gasteiger partial charge in [-0.1, -0.05) is 34.6 Å². The number of nitrogens with zero attached hydrogens (tertiary/aromatic N) is 4. The van der Waals surface area contributed by atoms with Gasteiger partial charge < -0.3 is 0 Å². The Morgan fingerprint density at radius 2 is 1.68 bits per heavy atom. The van der Waals surface area contributed by atoms with Crippen molar-refractivity contribution >= 4 is 22.5 Å². The Kier molecular flexibility index (Phi) is 6.62. The van der Waals surface area contributed by atoms with Crippen LogP contribution in [-0.4, -0.2) is 20.7 Å². The van der Waals surface area contributed by atoms with E-state index in [1.807, 2.05) is 24.4 Å². The summed E-state index contributed by atoms with van der Waals surface area (Å²) in [6.07, 6.45) is 2.90.